The standard InChI is InChI=1S/C20H25ClN4O3.HI/c1-4-22-20(23-10-9-14-6-8-18(21)24-12-14)25-13-15-5-7-16(19(26)28-3)17(11-15)27-2;/h5-8,11-12H,4,9-10,13H2,1-3H3,(H2,22,23,25);1H. The number of carbonyl (C=O) groups excluding carboxylic acids is 1. The molecule has 29 heavy (non-hydrogen) atoms. The van der Waals surface area contributed by atoms with E-state index in [1.807, 2.05) is 19.1 Å². The summed E-state index contributed by atoms with van der Waals surface area (Å²) in [6.45, 7) is 3.91. The quantitative estimate of drug-likeness (QED) is 0.178. The number of benzene rings is 1. The van der Waals surface area contributed by atoms with Crippen LogP contribution in [0.1, 0.15) is 28.4 Å². The first-order chi connectivity index (χ1) is 13.6. The number of guanidine groups is 1. The smallest absolute Gasteiger partial charge is 0.341 e. The van der Waals surface area contributed by atoms with Gasteiger partial charge in [-0.3, -0.25) is 0 Å². The molecule has 0 radical (unpaired) electrons. The molecule has 0 bridgehead atoms. The molecule has 2 rings (SSSR count). The average Bonchev–Trinajstić information content (AvgIpc) is 2.72. The molecule has 158 valence electrons. The van der Waals surface area contributed by atoms with Crippen molar-refractivity contribution in [2.45, 2.75) is 19.9 Å². The molecule has 0 fully saturated rings. The van der Waals surface area contributed by atoms with Gasteiger partial charge in [-0.25, -0.2) is 14.8 Å². The third-order valence-corrected chi connectivity index (χ3v) is 4.15. The van der Waals surface area contributed by atoms with Gasteiger partial charge in [-0.05, 0) is 42.7 Å². The Labute approximate surface area is 193 Å². The minimum Gasteiger partial charge on any atom is -0.496 e. The SMILES string of the molecule is CCNC(=NCc1ccc(C(=O)OC)c(OC)c1)NCCc1ccc(Cl)nc1.I. The normalized spacial score (nSPS) is 10.7. The van der Waals surface area contributed by atoms with E-state index in [4.69, 9.17) is 21.1 Å². The number of halogens is 2. The van der Waals surface area contributed by atoms with Crippen LogP contribution in [0.3, 0.4) is 0 Å². The molecule has 0 aliphatic carbocycles. The van der Waals surface area contributed by atoms with Gasteiger partial charge in [0, 0.05) is 19.3 Å². The molecule has 9 heteroatoms. The molecular formula is C20H26ClIN4O3. The van der Waals surface area contributed by atoms with Crippen molar-refractivity contribution >= 4 is 47.5 Å². The van der Waals surface area contributed by atoms with Gasteiger partial charge in [0.2, 0.25) is 0 Å². The Bertz CT molecular complexity index is 816. The molecule has 0 unspecified atom stereocenters. The number of aliphatic imine (C=N–C) groups is 1. The second-order valence-corrected chi connectivity index (χ2v) is 6.27. The van der Waals surface area contributed by atoms with E-state index < -0.39 is 5.97 Å². The first kappa shape index (κ1) is 25.0. The number of hydrogen-bond acceptors (Lipinski definition) is 5. The van der Waals surface area contributed by atoms with E-state index >= 15 is 0 Å². The Kier molecular flexibility index (Phi) is 11.4. The lowest BCUT2D eigenvalue weighted by molar-refractivity contribution is 0.0597. The van der Waals surface area contributed by atoms with Gasteiger partial charge in [0.25, 0.3) is 0 Å². The summed E-state index contributed by atoms with van der Waals surface area (Å²) in [5.74, 6) is 0.742. The topological polar surface area (TPSA) is 84.8 Å². The number of nitrogens with one attached hydrogen (secondary N) is 2. The number of ether oxygens (including phenoxy) is 2. The highest BCUT2D eigenvalue weighted by atomic mass is 127. The number of pyridine rings is 1. The summed E-state index contributed by atoms with van der Waals surface area (Å²) >= 11 is 5.80. The van der Waals surface area contributed by atoms with Crippen LogP contribution >= 0.6 is 35.6 Å². The van der Waals surface area contributed by atoms with Crippen molar-refractivity contribution in [3.63, 3.8) is 0 Å². The minimum absolute atomic E-state index is 0. The maximum atomic E-state index is 11.7. The van der Waals surface area contributed by atoms with Crippen molar-refractivity contribution < 1.29 is 14.3 Å². The lowest BCUT2D eigenvalue weighted by Gasteiger charge is -2.12. The highest BCUT2D eigenvalue weighted by molar-refractivity contribution is 14.0. The highest BCUT2D eigenvalue weighted by Gasteiger charge is 2.13. The van der Waals surface area contributed by atoms with Crippen LogP contribution in [0.25, 0.3) is 0 Å². The fourth-order valence-corrected chi connectivity index (χ4v) is 2.62. The Balaban J connectivity index is 0.00000420. The van der Waals surface area contributed by atoms with E-state index in [2.05, 4.69) is 20.6 Å². The fourth-order valence-electron chi connectivity index (χ4n) is 2.50. The van der Waals surface area contributed by atoms with Crippen molar-refractivity contribution in [1.82, 2.24) is 15.6 Å². The molecule has 2 N–H and O–H groups in total. The van der Waals surface area contributed by atoms with Crippen LogP contribution in [-0.2, 0) is 17.7 Å². The van der Waals surface area contributed by atoms with E-state index in [0.717, 1.165) is 24.1 Å². The number of nitrogens with zero attached hydrogens (tertiary/aromatic N) is 2. The van der Waals surface area contributed by atoms with Crippen molar-refractivity contribution in [2.24, 2.45) is 4.99 Å². The first-order valence-corrected chi connectivity index (χ1v) is 9.33. The number of rotatable bonds is 8. The van der Waals surface area contributed by atoms with Crippen molar-refractivity contribution in [2.75, 3.05) is 27.3 Å². The number of hydrogen-bond donors (Lipinski definition) is 2. The van der Waals surface area contributed by atoms with Crippen LogP contribution < -0.4 is 15.4 Å². The van der Waals surface area contributed by atoms with Crippen molar-refractivity contribution in [3.05, 3.63) is 58.4 Å². The molecule has 1 heterocycles. The van der Waals surface area contributed by atoms with Crippen LogP contribution in [0, 0.1) is 0 Å². The summed E-state index contributed by atoms with van der Waals surface area (Å²) in [7, 11) is 2.86. The number of aromatic nitrogens is 1. The molecule has 1 aromatic heterocycles. The Morgan fingerprint density at radius 3 is 2.55 bits per heavy atom. The second kappa shape index (κ2) is 13.2. The van der Waals surface area contributed by atoms with Crippen LogP contribution in [0.5, 0.6) is 5.75 Å². The molecule has 0 amide bonds. The van der Waals surface area contributed by atoms with E-state index in [0.29, 0.717) is 35.5 Å². The maximum Gasteiger partial charge on any atom is 0.341 e. The second-order valence-electron chi connectivity index (χ2n) is 5.89. The highest BCUT2D eigenvalue weighted by Crippen LogP contribution is 2.21. The Morgan fingerprint density at radius 1 is 1.17 bits per heavy atom. The van der Waals surface area contributed by atoms with E-state index in [1.54, 1.807) is 24.4 Å². The molecule has 0 spiro atoms. The molecule has 0 atom stereocenters. The zero-order chi connectivity index (χ0) is 20.4. The largest absolute Gasteiger partial charge is 0.496 e. The predicted octanol–water partition coefficient (Wildman–Crippen LogP) is 3.45. The predicted molar refractivity (Wildman–Crippen MR) is 126 cm³/mol. The molecule has 0 saturated heterocycles. The molecule has 0 aliphatic rings. The van der Waals surface area contributed by atoms with Gasteiger partial charge >= 0.3 is 5.97 Å². The summed E-state index contributed by atoms with van der Waals surface area (Å²) in [5, 5.41) is 6.99. The van der Waals surface area contributed by atoms with Gasteiger partial charge in [-0.2, -0.15) is 0 Å². The van der Waals surface area contributed by atoms with Gasteiger partial charge in [-0.15, -0.1) is 24.0 Å². The van der Waals surface area contributed by atoms with E-state index in [1.165, 1.54) is 14.2 Å². The molecule has 7 nitrogen and oxygen atoms in total. The number of carbonyl (C=O) groups is 1. The molecule has 1 aromatic carbocycles. The van der Waals surface area contributed by atoms with Gasteiger partial charge < -0.3 is 20.1 Å². The summed E-state index contributed by atoms with van der Waals surface area (Å²) in [6, 6.07) is 9.04. The van der Waals surface area contributed by atoms with Crippen LogP contribution in [0.2, 0.25) is 5.15 Å². The van der Waals surface area contributed by atoms with Crippen LogP contribution in [-0.4, -0.2) is 44.2 Å². The monoisotopic (exact) mass is 532 g/mol. The maximum absolute atomic E-state index is 11.7. The van der Waals surface area contributed by atoms with Crippen molar-refractivity contribution in [1.29, 1.82) is 0 Å². The Morgan fingerprint density at radius 2 is 1.93 bits per heavy atom. The summed E-state index contributed by atoms with van der Waals surface area (Å²) in [4.78, 5) is 20.4. The van der Waals surface area contributed by atoms with Gasteiger partial charge in [0.05, 0.1) is 20.8 Å². The zero-order valence-electron chi connectivity index (χ0n) is 16.7. The molecular weight excluding hydrogens is 507 g/mol. The Hall–Kier alpha value is -2.07. The van der Waals surface area contributed by atoms with Gasteiger partial charge in [0.15, 0.2) is 5.96 Å². The van der Waals surface area contributed by atoms with Crippen LogP contribution in [0.15, 0.2) is 41.5 Å². The van der Waals surface area contributed by atoms with E-state index in [9.17, 15) is 4.79 Å². The molecule has 2 aromatic rings. The third-order valence-electron chi connectivity index (χ3n) is 3.93. The molecule has 0 saturated carbocycles. The summed E-state index contributed by atoms with van der Waals surface area (Å²) in [5.41, 5.74) is 2.40. The third kappa shape index (κ3) is 8.06. The number of esters is 1. The lowest BCUT2D eigenvalue weighted by atomic mass is 10.1. The number of methoxy groups -OCH3 is 2. The average molecular weight is 533 g/mol. The van der Waals surface area contributed by atoms with Crippen molar-refractivity contribution in [3.8, 4) is 5.75 Å². The summed E-state index contributed by atoms with van der Waals surface area (Å²) in [6.07, 6.45) is 2.57. The van der Waals surface area contributed by atoms with Gasteiger partial charge in [0.1, 0.15) is 16.5 Å². The lowest BCUT2D eigenvalue weighted by Crippen LogP contribution is -2.38. The van der Waals surface area contributed by atoms with Crippen LogP contribution in [0.4, 0.5) is 0 Å². The van der Waals surface area contributed by atoms with E-state index in [-0.39, 0.29) is 24.0 Å². The zero-order valence-corrected chi connectivity index (χ0v) is 19.8. The summed E-state index contributed by atoms with van der Waals surface area (Å²) < 4.78 is 10.0. The van der Waals surface area contributed by atoms with Gasteiger partial charge in [-0.1, -0.05) is 23.7 Å². The first-order valence-electron chi connectivity index (χ1n) is 8.95. The fraction of sp³-hybridized carbons (Fsp3) is 0.350. The minimum atomic E-state index is -0.432. The molecule has 0 aliphatic heterocycles.